The van der Waals surface area contributed by atoms with E-state index in [1.165, 1.54) is 12.1 Å². The largest absolute Gasteiger partial charge is 0.455 e. The Kier molecular flexibility index (Phi) is 19.0. The maximum Gasteiger partial charge on any atom is 0.224 e. The van der Waals surface area contributed by atoms with E-state index in [0.717, 1.165) is 16.9 Å². The number of benzene rings is 3. The lowest BCUT2D eigenvalue weighted by molar-refractivity contribution is -0.115. The van der Waals surface area contributed by atoms with Crippen molar-refractivity contribution >= 4 is 11.6 Å². The topological polar surface area (TPSA) is 56.1 Å². The third-order valence-electron chi connectivity index (χ3n) is 4.61. The van der Waals surface area contributed by atoms with Crippen molar-refractivity contribution in [3.63, 3.8) is 0 Å². The van der Waals surface area contributed by atoms with Gasteiger partial charge < -0.3 is 14.6 Å². The van der Waals surface area contributed by atoms with Crippen molar-refractivity contribution in [1.82, 2.24) is 9.55 Å². The van der Waals surface area contributed by atoms with Crippen LogP contribution in [0.3, 0.4) is 0 Å². The maximum absolute atomic E-state index is 12.8. The van der Waals surface area contributed by atoms with Gasteiger partial charge >= 0.3 is 0 Å². The number of aromatic nitrogens is 2. The second-order valence-corrected chi connectivity index (χ2v) is 7.13. The minimum Gasteiger partial charge on any atom is -0.455 e. The predicted molar refractivity (Wildman–Crippen MR) is 158 cm³/mol. The van der Waals surface area contributed by atoms with Gasteiger partial charge in [0.15, 0.2) is 5.75 Å². The number of aryl methyl sites for hydroxylation is 1. The first-order valence-electron chi connectivity index (χ1n) is 13.4. The lowest BCUT2D eigenvalue weighted by Gasteiger charge is -2.13. The predicted octanol–water partition coefficient (Wildman–Crippen LogP) is 9.28. The number of nitrogens with one attached hydrogen (secondary N) is 1. The zero-order valence-electron chi connectivity index (χ0n) is 24.2. The molecule has 1 heterocycles. The Balaban J connectivity index is 0.000000628. The quantitative estimate of drug-likeness (QED) is 0.275. The summed E-state index contributed by atoms with van der Waals surface area (Å²) in [5, 5.41) is 2.84. The average molecular weight is 522 g/mol. The fourth-order valence-electron chi connectivity index (χ4n) is 2.91. The minimum absolute atomic E-state index is 0.0270. The summed E-state index contributed by atoms with van der Waals surface area (Å²) in [6, 6.07) is 21.8. The number of ether oxygens (including phenoxy) is 1. The van der Waals surface area contributed by atoms with Crippen LogP contribution in [-0.4, -0.2) is 15.5 Å². The number of imidazole rings is 1. The number of hydrogen-bond donors (Lipinski definition) is 1. The molecule has 4 aromatic rings. The summed E-state index contributed by atoms with van der Waals surface area (Å²) < 4.78 is 20.5. The van der Waals surface area contributed by atoms with Gasteiger partial charge in [-0.3, -0.25) is 4.79 Å². The first kappa shape index (κ1) is 34.1. The van der Waals surface area contributed by atoms with E-state index >= 15 is 0 Å². The average Bonchev–Trinajstić information content (AvgIpc) is 3.48. The molecule has 0 radical (unpaired) electrons. The number of halogens is 1. The van der Waals surface area contributed by atoms with Gasteiger partial charge in [0.05, 0.1) is 12.0 Å². The monoisotopic (exact) mass is 521 g/mol. The van der Waals surface area contributed by atoms with E-state index < -0.39 is 0 Å². The van der Waals surface area contributed by atoms with Crippen LogP contribution in [0.1, 0.15) is 66.0 Å². The third kappa shape index (κ3) is 12.9. The highest BCUT2D eigenvalue weighted by atomic mass is 19.1. The molecule has 0 aliphatic rings. The van der Waals surface area contributed by atoms with Gasteiger partial charge in [-0.15, -0.1) is 0 Å². The first-order valence-corrected chi connectivity index (χ1v) is 13.4. The maximum atomic E-state index is 12.8. The molecule has 0 saturated heterocycles. The molecule has 0 bridgehead atoms. The molecule has 1 aromatic heterocycles. The van der Waals surface area contributed by atoms with Crippen LogP contribution in [0.25, 0.3) is 0 Å². The molecule has 1 amide bonds. The highest BCUT2D eigenvalue weighted by Crippen LogP contribution is 2.30. The highest BCUT2D eigenvalue weighted by molar-refractivity contribution is 5.92. The van der Waals surface area contributed by atoms with Crippen molar-refractivity contribution in [2.45, 2.75) is 68.4 Å². The van der Waals surface area contributed by atoms with Crippen molar-refractivity contribution in [3.05, 3.63) is 108 Å². The smallest absolute Gasteiger partial charge is 0.224 e. The molecule has 0 aliphatic carbocycles. The number of hydrogen-bond acceptors (Lipinski definition) is 3. The van der Waals surface area contributed by atoms with Gasteiger partial charge in [-0.2, -0.15) is 0 Å². The Morgan fingerprint density at radius 2 is 1.53 bits per heavy atom. The van der Waals surface area contributed by atoms with Crippen LogP contribution in [0.4, 0.5) is 10.1 Å². The summed E-state index contributed by atoms with van der Waals surface area (Å²) in [6.07, 6.45) is 5.72. The van der Waals surface area contributed by atoms with Gasteiger partial charge in [-0.25, -0.2) is 9.37 Å². The molecule has 1 N–H and O–H groups in total. The van der Waals surface area contributed by atoms with Gasteiger partial charge in [-0.1, -0.05) is 90.9 Å². The van der Waals surface area contributed by atoms with E-state index in [9.17, 15) is 9.18 Å². The SMILES string of the molecule is CC.CC.CC.CCC(=O)Nc1ccccc1Oc1ccccc1C.Fc1cccc(Cn2ccnc2)c1. The summed E-state index contributed by atoms with van der Waals surface area (Å²) in [7, 11) is 0. The normalized spacial score (nSPS) is 8.97. The van der Waals surface area contributed by atoms with Gasteiger partial charge in [0, 0.05) is 25.4 Å². The van der Waals surface area contributed by atoms with Crippen LogP contribution in [-0.2, 0) is 11.3 Å². The summed E-state index contributed by atoms with van der Waals surface area (Å²) in [4.78, 5) is 15.4. The molecule has 0 fully saturated rings. The van der Waals surface area contributed by atoms with Gasteiger partial charge in [-0.05, 0) is 48.4 Å². The third-order valence-corrected chi connectivity index (χ3v) is 4.61. The van der Waals surface area contributed by atoms with Crippen LogP contribution in [0.5, 0.6) is 11.5 Å². The van der Waals surface area contributed by atoms with Gasteiger partial charge in [0.2, 0.25) is 5.91 Å². The fraction of sp³-hybridized carbons (Fsp3) is 0.312. The van der Waals surface area contributed by atoms with Crippen LogP contribution < -0.4 is 10.1 Å². The second kappa shape index (κ2) is 21.2. The molecule has 0 spiro atoms. The van der Waals surface area contributed by atoms with Crippen LogP contribution in [0.2, 0.25) is 0 Å². The number of para-hydroxylation sites is 3. The van der Waals surface area contributed by atoms with E-state index in [4.69, 9.17) is 4.74 Å². The summed E-state index contributed by atoms with van der Waals surface area (Å²) in [5.41, 5.74) is 2.69. The molecule has 3 aromatic carbocycles. The molecule has 206 valence electrons. The number of amides is 1. The minimum atomic E-state index is -0.197. The van der Waals surface area contributed by atoms with Crippen LogP contribution >= 0.6 is 0 Å². The fourth-order valence-corrected chi connectivity index (χ4v) is 2.91. The molecule has 6 heteroatoms. The van der Waals surface area contributed by atoms with Crippen LogP contribution in [0, 0.1) is 12.7 Å². The van der Waals surface area contributed by atoms with E-state index in [0.29, 0.717) is 24.4 Å². The summed E-state index contributed by atoms with van der Waals surface area (Å²) >= 11 is 0. The first-order chi connectivity index (χ1) is 18.5. The number of anilines is 1. The van der Waals surface area contributed by atoms with Crippen molar-refractivity contribution in [3.8, 4) is 11.5 Å². The zero-order chi connectivity index (χ0) is 28.8. The lowest BCUT2D eigenvalue weighted by atomic mass is 10.2. The Morgan fingerprint density at radius 3 is 2.11 bits per heavy atom. The Morgan fingerprint density at radius 1 is 0.895 bits per heavy atom. The standard InChI is InChI=1S/C16H17NO2.C10H9FN2.3C2H6/c1-3-16(18)17-13-9-5-7-11-15(13)19-14-10-6-4-8-12(14)2;11-10-3-1-2-9(6-10)7-13-5-4-12-8-13;3*1-2/h4-11H,3H2,1-2H3,(H,17,18);1-6,8H,7H2;3*1-2H3. The molecule has 4 rings (SSSR count). The van der Waals surface area contributed by atoms with Crippen molar-refractivity contribution < 1.29 is 13.9 Å². The number of rotatable bonds is 6. The molecular formula is C32H44FN3O2. The molecule has 0 saturated carbocycles. The highest BCUT2D eigenvalue weighted by Gasteiger charge is 2.08. The van der Waals surface area contributed by atoms with Crippen molar-refractivity contribution in [2.24, 2.45) is 0 Å². The van der Waals surface area contributed by atoms with E-state index in [1.54, 1.807) is 18.6 Å². The van der Waals surface area contributed by atoms with Crippen LogP contribution in [0.15, 0.2) is 91.5 Å². The van der Waals surface area contributed by atoms with Crippen molar-refractivity contribution in [1.29, 1.82) is 0 Å². The Labute approximate surface area is 228 Å². The Hall–Kier alpha value is -3.93. The molecule has 0 atom stereocenters. The number of nitrogens with zero attached hydrogens (tertiary/aromatic N) is 2. The molecule has 0 unspecified atom stereocenters. The molecule has 0 aliphatic heterocycles. The van der Waals surface area contributed by atoms with E-state index in [-0.39, 0.29) is 11.7 Å². The van der Waals surface area contributed by atoms with E-state index in [1.807, 2.05) is 121 Å². The summed E-state index contributed by atoms with van der Waals surface area (Å²) in [5.74, 6) is 1.22. The second-order valence-electron chi connectivity index (χ2n) is 7.13. The zero-order valence-corrected chi connectivity index (χ0v) is 24.2. The molecule has 5 nitrogen and oxygen atoms in total. The van der Waals surface area contributed by atoms with Crippen molar-refractivity contribution in [2.75, 3.05) is 5.32 Å². The Bertz CT molecular complexity index is 1140. The number of carbonyl (C=O) groups excluding carboxylic acids is 1. The van der Waals surface area contributed by atoms with Gasteiger partial charge in [0.25, 0.3) is 0 Å². The van der Waals surface area contributed by atoms with Gasteiger partial charge in [0.1, 0.15) is 11.6 Å². The number of carbonyl (C=O) groups is 1. The lowest BCUT2D eigenvalue weighted by Crippen LogP contribution is -2.10. The summed E-state index contributed by atoms with van der Waals surface area (Å²) in [6.45, 7) is 16.5. The molecule has 38 heavy (non-hydrogen) atoms. The van der Waals surface area contributed by atoms with E-state index in [2.05, 4.69) is 10.3 Å². The molecular weight excluding hydrogens is 477 g/mol.